The van der Waals surface area contributed by atoms with E-state index in [9.17, 15) is 9.18 Å². The Hall–Kier alpha value is -2.07. The minimum atomic E-state index is -0.674. The molecule has 0 saturated heterocycles. The van der Waals surface area contributed by atoms with Crippen LogP contribution >= 0.6 is 11.6 Å². The van der Waals surface area contributed by atoms with Crippen LogP contribution in [0, 0.1) is 5.82 Å². The second-order valence-electron chi connectivity index (χ2n) is 5.05. The van der Waals surface area contributed by atoms with Gasteiger partial charge in [0, 0.05) is 17.9 Å². The first-order chi connectivity index (χ1) is 10.1. The fraction of sp³-hybridized carbons (Fsp3) is 0.188. The summed E-state index contributed by atoms with van der Waals surface area (Å²) in [5.74, 6) is -1.05. The normalized spacial score (nSPS) is 13.9. The number of benzene rings is 2. The summed E-state index contributed by atoms with van der Waals surface area (Å²) in [4.78, 5) is 14.2. The van der Waals surface area contributed by atoms with E-state index < -0.39 is 5.82 Å². The molecule has 1 amide bonds. The molecular weight excluding hydrogens is 291 g/mol. The van der Waals surface area contributed by atoms with Gasteiger partial charge in [0.05, 0.1) is 10.6 Å². The van der Waals surface area contributed by atoms with Crippen molar-refractivity contribution in [3.63, 3.8) is 0 Å². The molecule has 2 N–H and O–H groups in total. The number of fused-ring (bicyclic) bond motifs is 1. The predicted octanol–water partition coefficient (Wildman–Crippen LogP) is 3.65. The molecule has 108 valence electrons. The molecule has 0 aromatic heterocycles. The van der Waals surface area contributed by atoms with Gasteiger partial charge in [0.1, 0.15) is 0 Å². The molecule has 5 heteroatoms. The van der Waals surface area contributed by atoms with Crippen molar-refractivity contribution < 1.29 is 9.18 Å². The second-order valence-corrected chi connectivity index (χ2v) is 5.46. The lowest BCUT2D eigenvalue weighted by atomic mass is 10.00. The summed E-state index contributed by atoms with van der Waals surface area (Å²) in [5, 5.41) is -0.0459. The van der Waals surface area contributed by atoms with Gasteiger partial charge in [-0.15, -0.1) is 0 Å². The summed E-state index contributed by atoms with van der Waals surface area (Å²) < 4.78 is 14.0. The molecule has 0 atom stereocenters. The third-order valence-corrected chi connectivity index (χ3v) is 3.94. The molecule has 0 unspecified atom stereocenters. The summed E-state index contributed by atoms with van der Waals surface area (Å²) >= 11 is 5.76. The Morgan fingerprint density at radius 2 is 2.10 bits per heavy atom. The number of nitrogen functional groups attached to an aromatic ring is 1. The molecule has 0 radical (unpaired) electrons. The zero-order valence-electron chi connectivity index (χ0n) is 11.3. The van der Waals surface area contributed by atoms with Gasteiger partial charge in [0.15, 0.2) is 5.82 Å². The van der Waals surface area contributed by atoms with Crippen molar-refractivity contribution in [2.24, 2.45) is 0 Å². The zero-order valence-corrected chi connectivity index (χ0v) is 12.0. The molecule has 1 aliphatic rings. The lowest BCUT2D eigenvalue weighted by molar-refractivity contribution is 0.0981. The number of hydrogen-bond donors (Lipinski definition) is 1. The standard InChI is InChI=1S/C16H14ClFN2O/c17-13-5-1-4-12(15(13)18)16(21)20-8-2-3-10-9-11(19)6-7-14(10)20/h1,4-7,9H,2-3,8,19H2. The summed E-state index contributed by atoms with van der Waals surface area (Å²) in [6.07, 6.45) is 1.69. The molecule has 1 heterocycles. The van der Waals surface area contributed by atoms with E-state index in [-0.39, 0.29) is 16.5 Å². The molecular formula is C16H14ClFN2O. The van der Waals surface area contributed by atoms with Crippen LogP contribution in [-0.4, -0.2) is 12.5 Å². The monoisotopic (exact) mass is 304 g/mol. The van der Waals surface area contributed by atoms with E-state index in [1.807, 2.05) is 12.1 Å². The molecule has 1 aliphatic heterocycles. The van der Waals surface area contributed by atoms with Crippen LogP contribution in [0.1, 0.15) is 22.3 Å². The van der Waals surface area contributed by atoms with Gasteiger partial charge in [0.25, 0.3) is 5.91 Å². The summed E-state index contributed by atoms with van der Waals surface area (Å²) in [5.41, 5.74) is 8.24. The number of hydrogen-bond acceptors (Lipinski definition) is 2. The maximum atomic E-state index is 14.0. The lowest BCUT2D eigenvalue weighted by Crippen LogP contribution is -2.36. The van der Waals surface area contributed by atoms with Crippen LogP contribution in [-0.2, 0) is 6.42 Å². The van der Waals surface area contributed by atoms with Crippen molar-refractivity contribution in [1.82, 2.24) is 0 Å². The number of rotatable bonds is 1. The summed E-state index contributed by atoms with van der Waals surface area (Å²) in [7, 11) is 0. The number of anilines is 2. The van der Waals surface area contributed by atoms with Gasteiger partial charge in [-0.2, -0.15) is 0 Å². The number of carbonyl (C=O) groups is 1. The van der Waals surface area contributed by atoms with E-state index in [1.54, 1.807) is 17.0 Å². The molecule has 0 aliphatic carbocycles. The van der Waals surface area contributed by atoms with Gasteiger partial charge in [0.2, 0.25) is 0 Å². The van der Waals surface area contributed by atoms with Crippen molar-refractivity contribution in [1.29, 1.82) is 0 Å². The van der Waals surface area contributed by atoms with Crippen LogP contribution in [0.15, 0.2) is 36.4 Å². The molecule has 21 heavy (non-hydrogen) atoms. The van der Waals surface area contributed by atoms with Crippen LogP contribution < -0.4 is 10.6 Å². The second kappa shape index (κ2) is 5.37. The molecule has 0 bridgehead atoms. The van der Waals surface area contributed by atoms with Crippen LogP contribution in [0.5, 0.6) is 0 Å². The Labute approximate surface area is 127 Å². The molecule has 3 nitrogen and oxygen atoms in total. The van der Waals surface area contributed by atoms with Gasteiger partial charge < -0.3 is 10.6 Å². The minimum absolute atomic E-state index is 0.00725. The van der Waals surface area contributed by atoms with Gasteiger partial charge in [-0.1, -0.05) is 17.7 Å². The van der Waals surface area contributed by atoms with Gasteiger partial charge >= 0.3 is 0 Å². The first-order valence-corrected chi connectivity index (χ1v) is 7.10. The van der Waals surface area contributed by atoms with Crippen molar-refractivity contribution in [3.8, 4) is 0 Å². The van der Waals surface area contributed by atoms with Crippen LogP contribution in [0.3, 0.4) is 0 Å². The number of halogens is 2. The Kier molecular flexibility index (Phi) is 3.55. The van der Waals surface area contributed by atoms with Crippen molar-refractivity contribution in [2.45, 2.75) is 12.8 Å². The fourth-order valence-corrected chi connectivity index (χ4v) is 2.82. The van der Waals surface area contributed by atoms with E-state index in [4.69, 9.17) is 17.3 Å². The third kappa shape index (κ3) is 2.47. The number of aryl methyl sites for hydroxylation is 1. The van der Waals surface area contributed by atoms with Gasteiger partial charge in [-0.05, 0) is 48.7 Å². The summed E-state index contributed by atoms with van der Waals surface area (Å²) in [6.45, 7) is 0.557. The minimum Gasteiger partial charge on any atom is -0.399 e. The van der Waals surface area contributed by atoms with Crippen LogP contribution in [0.2, 0.25) is 5.02 Å². The quantitative estimate of drug-likeness (QED) is 0.817. The van der Waals surface area contributed by atoms with E-state index >= 15 is 0 Å². The molecule has 0 fully saturated rings. The molecule has 0 spiro atoms. The van der Waals surface area contributed by atoms with Crippen molar-refractivity contribution >= 4 is 28.9 Å². The highest BCUT2D eigenvalue weighted by Crippen LogP contribution is 2.31. The Morgan fingerprint density at radius 3 is 2.90 bits per heavy atom. The highest BCUT2D eigenvalue weighted by Gasteiger charge is 2.26. The van der Waals surface area contributed by atoms with Gasteiger partial charge in [-0.3, -0.25) is 4.79 Å². The Bertz CT molecular complexity index is 717. The van der Waals surface area contributed by atoms with Crippen LogP contribution in [0.4, 0.5) is 15.8 Å². The number of amides is 1. The van der Waals surface area contributed by atoms with E-state index in [0.717, 1.165) is 24.1 Å². The van der Waals surface area contributed by atoms with Gasteiger partial charge in [-0.25, -0.2) is 4.39 Å². The average molecular weight is 305 g/mol. The zero-order chi connectivity index (χ0) is 15.0. The highest BCUT2D eigenvalue weighted by atomic mass is 35.5. The van der Waals surface area contributed by atoms with Crippen LogP contribution in [0.25, 0.3) is 0 Å². The first kappa shape index (κ1) is 13.9. The number of nitrogens with two attached hydrogens (primary N) is 1. The largest absolute Gasteiger partial charge is 0.399 e. The Morgan fingerprint density at radius 1 is 1.29 bits per heavy atom. The number of carbonyl (C=O) groups excluding carboxylic acids is 1. The average Bonchev–Trinajstić information content (AvgIpc) is 2.48. The maximum absolute atomic E-state index is 14.0. The maximum Gasteiger partial charge on any atom is 0.261 e. The van der Waals surface area contributed by atoms with E-state index in [2.05, 4.69) is 0 Å². The smallest absolute Gasteiger partial charge is 0.261 e. The predicted molar refractivity (Wildman–Crippen MR) is 82.3 cm³/mol. The van der Waals surface area contributed by atoms with E-state index in [0.29, 0.717) is 12.2 Å². The number of nitrogens with zero attached hydrogens (tertiary/aromatic N) is 1. The molecule has 3 rings (SSSR count). The molecule has 0 saturated carbocycles. The molecule has 2 aromatic carbocycles. The topological polar surface area (TPSA) is 46.3 Å². The Balaban J connectivity index is 2.02. The lowest BCUT2D eigenvalue weighted by Gasteiger charge is -2.30. The third-order valence-electron chi connectivity index (χ3n) is 3.65. The first-order valence-electron chi connectivity index (χ1n) is 6.72. The summed E-state index contributed by atoms with van der Waals surface area (Å²) in [6, 6.07) is 9.88. The van der Waals surface area contributed by atoms with E-state index in [1.165, 1.54) is 12.1 Å². The SMILES string of the molecule is Nc1ccc2c(c1)CCCN2C(=O)c1cccc(Cl)c1F. The fourth-order valence-electron chi connectivity index (χ4n) is 2.64. The highest BCUT2D eigenvalue weighted by molar-refractivity contribution is 6.31. The van der Waals surface area contributed by atoms with Crippen molar-refractivity contribution in [3.05, 3.63) is 58.4 Å². The van der Waals surface area contributed by atoms with Crippen molar-refractivity contribution in [2.75, 3.05) is 17.2 Å². The molecule has 2 aromatic rings.